The Balaban J connectivity index is 2.05. The van der Waals surface area contributed by atoms with E-state index in [-0.39, 0.29) is 0 Å². The molecule has 0 saturated carbocycles. The van der Waals surface area contributed by atoms with E-state index in [4.69, 9.17) is 21.1 Å². The van der Waals surface area contributed by atoms with Crippen molar-refractivity contribution in [1.82, 2.24) is 5.32 Å². The summed E-state index contributed by atoms with van der Waals surface area (Å²) in [6, 6.07) is 2.47. The molecule has 1 unspecified atom stereocenters. The second-order valence-corrected chi connectivity index (χ2v) is 5.54. The molecule has 0 amide bonds. The Labute approximate surface area is 119 Å². The lowest BCUT2D eigenvalue weighted by atomic mass is 9.91. The van der Waals surface area contributed by atoms with Crippen LogP contribution < -0.4 is 14.8 Å². The van der Waals surface area contributed by atoms with Crippen molar-refractivity contribution in [1.29, 1.82) is 0 Å². The summed E-state index contributed by atoms with van der Waals surface area (Å²) in [4.78, 5) is 0. The van der Waals surface area contributed by atoms with Gasteiger partial charge in [0.05, 0.1) is 5.02 Å². The highest BCUT2D eigenvalue weighted by atomic mass is 35.5. The molecule has 1 fully saturated rings. The Hall–Kier alpha value is -0.930. The van der Waals surface area contributed by atoms with Crippen molar-refractivity contribution in [3.63, 3.8) is 0 Å². The first kappa shape index (κ1) is 13.1. The zero-order chi connectivity index (χ0) is 13.2. The van der Waals surface area contributed by atoms with Crippen molar-refractivity contribution >= 4 is 11.6 Å². The molecule has 1 saturated heterocycles. The summed E-state index contributed by atoms with van der Waals surface area (Å²) < 4.78 is 11.5. The van der Waals surface area contributed by atoms with Gasteiger partial charge in [0.2, 0.25) is 0 Å². The zero-order valence-corrected chi connectivity index (χ0v) is 12.1. The first-order valence-corrected chi connectivity index (χ1v) is 7.53. The molecule has 3 rings (SSSR count). The highest BCUT2D eigenvalue weighted by Gasteiger charge is 2.26. The molecule has 0 aromatic heterocycles. The molecule has 2 heterocycles. The lowest BCUT2D eigenvalue weighted by Crippen LogP contribution is -2.28. The van der Waals surface area contributed by atoms with E-state index in [1.807, 2.05) is 0 Å². The fourth-order valence-electron chi connectivity index (χ4n) is 3.03. The number of fused-ring (bicyclic) bond motifs is 1. The van der Waals surface area contributed by atoms with Crippen LogP contribution in [0.25, 0.3) is 0 Å². The van der Waals surface area contributed by atoms with E-state index in [9.17, 15) is 0 Å². The molecule has 0 bridgehead atoms. The van der Waals surface area contributed by atoms with Crippen molar-refractivity contribution in [2.24, 2.45) is 0 Å². The van der Waals surface area contributed by atoms with Crippen LogP contribution in [0.4, 0.5) is 0 Å². The van der Waals surface area contributed by atoms with Crippen LogP contribution in [0.1, 0.15) is 43.4 Å². The monoisotopic (exact) mass is 281 g/mol. The van der Waals surface area contributed by atoms with E-state index in [0.717, 1.165) is 24.5 Å². The van der Waals surface area contributed by atoms with Crippen LogP contribution in [0, 0.1) is 0 Å². The van der Waals surface area contributed by atoms with Crippen LogP contribution in [0.3, 0.4) is 0 Å². The Morgan fingerprint density at radius 3 is 2.74 bits per heavy atom. The van der Waals surface area contributed by atoms with Crippen molar-refractivity contribution in [3.05, 3.63) is 22.2 Å². The minimum Gasteiger partial charge on any atom is -0.486 e. The molecule has 19 heavy (non-hydrogen) atoms. The average molecular weight is 282 g/mol. The molecular formula is C15H20ClNO2. The molecule has 2 aliphatic rings. The number of rotatable bonds is 2. The average Bonchev–Trinajstić information content (AvgIpc) is 2.48. The molecule has 0 radical (unpaired) electrons. The third-order valence-electron chi connectivity index (χ3n) is 3.94. The van der Waals surface area contributed by atoms with Crippen LogP contribution in [0.5, 0.6) is 11.5 Å². The lowest BCUT2D eigenvalue weighted by Gasteiger charge is -2.29. The topological polar surface area (TPSA) is 30.5 Å². The van der Waals surface area contributed by atoms with Crippen LogP contribution in [0.2, 0.25) is 5.02 Å². The summed E-state index contributed by atoms with van der Waals surface area (Å²) in [5, 5.41) is 4.26. The number of benzene rings is 1. The van der Waals surface area contributed by atoms with Gasteiger partial charge >= 0.3 is 0 Å². The van der Waals surface area contributed by atoms with Crippen molar-refractivity contribution in [3.8, 4) is 11.5 Å². The van der Waals surface area contributed by atoms with Crippen molar-refractivity contribution in [2.75, 3.05) is 19.8 Å². The molecular weight excluding hydrogens is 262 g/mol. The highest BCUT2D eigenvalue weighted by molar-refractivity contribution is 6.32. The summed E-state index contributed by atoms with van der Waals surface area (Å²) in [6.45, 7) is 4.43. The summed E-state index contributed by atoms with van der Waals surface area (Å²) in [5.41, 5.74) is 2.54. The van der Waals surface area contributed by atoms with Crippen LogP contribution >= 0.6 is 11.6 Å². The lowest BCUT2D eigenvalue weighted by molar-refractivity contribution is 0.169. The van der Waals surface area contributed by atoms with Crippen LogP contribution in [-0.2, 0) is 6.42 Å². The van der Waals surface area contributed by atoms with Gasteiger partial charge in [-0.2, -0.15) is 0 Å². The van der Waals surface area contributed by atoms with E-state index in [2.05, 4.69) is 18.3 Å². The van der Waals surface area contributed by atoms with Crippen LogP contribution in [-0.4, -0.2) is 19.8 Å². The summed E-state index contributed by atoms with van der Waals surface area (Å²) in [6.07, 6.45) is 4.64. The van der Waals surface area contributed by atoms with Gasteiger partial charge in [0.25, 0.3) is 0 Å². The van der Waals surface area contributed by atoms with E-state index in [1.165, 1.54) is 30.4 Å². The Morgan fingerprint density at radius 1 is 1.26 bits per heavy atom. The molecule has 1 aromatic rings. The Bertz CT molecular complexity index is 470. The van der Waals surface area contributed by atoms with Gasteiger partial charge in [-0.15, -0.1) is 0 Å². The van der Waals surface area contributed by atoms with Gasteiger partial charge in [-0.25, -0.2) is 0 Å². The quantitative estimate of drug-likeness (QED) is 0.900. The minimum absolute atomic E-state index is 0.400. The van der Waals surface area contributed by atoms with E-state index in [0.29, 0.717) is 24.3 Å². The Morgan fingerprint density at radius 2 is 2.05 bits per heavy atom. The largest absolute Gasteiger partial charge is 0.486 e. The number of halogens is 1. The molecule has 0 spiro atoms. The first-order valence-electron chi connectivity index (χ1n) is 7.15. The third-order valence-corrected chi connectivity index (χ3v) is 4.22. The fraction of sp³-hybridized carbons (Fsp3) is 0.600. The molecule has 4 heteroatoms. The summed E-state index contributed by atoms with van der Waals surface area (Å²) in [5.74, 6) is 1.59. The third kappa shape index (κ3) is 2.41. The maximum Gasteiger partial charge on any atom is 0.180 e. The second-order valence-electron chi connectivity index (χ2n) is 5.14. The Kier molecular flexibility index (Phi) is 3.85. The predicted molar refractivity (Wildman–Crippen MR) is 76.4 cm³/mol. The maximum absolute atomic E-state index is 6.36. The number of hydrogen-bond donors (Lipinski definition) is 1. The number of ether oxygens (including phenoxy) is 2. The van der Waals surface area contributed by atoms with Gasteiger partial charge in [-0.05, 0) is 37.4 Å². The van der Waals surface area contributed by atoms with Crippen molar-refractivity contribution < 1.29 is 9.47 Å². The van der Waals surface area contributed by atoms with Gasteiger partial charge in [-0.1, -0.05) is 24.9 Å². The highest BCUT2D eigenvalue weighted by Crippen LogP contribution is 2.44. The van der Waals surface area contributed by atoms with E-state index >= 15 is 0 Å². The van der Waals surface area contributed by atoms with Gasteiger partial charge in [0.15, 0.2) is 11.5 Å². The standard InChI is InChI=1S/C15H20ClNO2/c1-2-10-11(13-5-3-4-6-17-13)9-12(16)15-14(10)18-7-8-19-15/h9,13,17H,2-8H2,1H3. The number of piperidine rings is 1. The molecule has 1 atom stereocenters. The van der Waals surface area contributed by atoms with E-state index < -0.39 is 0 Å². The molecule has 104 valence electrons. The van der Waals surface area contributed by atoms with Gasteiger partial charge < -0.3 is 14.8 Å². The fourth-order valence-corrected chi connectivity index (χ4v) is 3.29. The van der Waals surface area contributed by atoms with Crippen LogP contribution in [0.15, 0.2) is 6.07 Å². The summed E-state index contributed by atoms with van der Waals surface area (Å²) in [7, 11) is 0. The first-order chi connectivity index (χ1) is 9.31. The smallest absolute Gasteiger partial charge is 0.180 e. The van der Waals surface area contributed by atoms with E-state index in [1.54, 1.807) is 0 Å². The van der Waals surface area contributed by atoms with Crippen molar-refractivity contribution in [2.45, 2.75) is 38.6 Å². The molecule has 1 aromatic carbocycles. The normalized spacial score (nSPS) is 22.3. The SMILES string of the molecule is CCc1c(C2CCCCN2)cc(Cl)c2c1OCCO2. The predicted octanol–water partition coefficient (Wildman–Crippen LogP) is 3.49. The minimum atomic E-state index is 0.400. The second kappa shape index (κ2) is 5.59. The van der Waals surface area contributed by atoms with Gasteiger partial charge in [-0.3, -0.25) is 0 Å². The maximum atomic E-state index is 6.36. The van der Waals surface area contributed by atoms with Gasteiger partial charge in [0, 0.05) is 11.6 Å². The summed E-state index contributed by atoms with van der Waals surface area (Å²) >= 11 is 6.36. The molecule has 3 nitrogen and oxygen atoms in total. The molecule has 1 N–H and O–H groups in total. The molecule has 0 aliphatic carbocycles. The van der Waals surface area contributed by atoms with Gasteiger partial charge in [0.1, 0.15) is 13.2 Å². The zero-order valence-electron chi connectivity index (χ0n) is 11.3. The molecule has 2 aliphatic heterocycles. The number of nitrogens with one attached hydrogen (secondary N) is 1. The number of hydrogen-bond acceptors (Lipinski definition) is 3.